The monoisotopic (exact) mass is 306 g/mol. The first-order valence-electron chi connectivity index (χ1n) is 7.71. The fraction of sp³-hybridized carbons (Fsp3) is 0.933. The molecule has 1 fully saturated rings. The van der Waals surface area contributed by atoms with Gasteiger partial charge in [-0.3, -0.25) is 4.79 Å². The molecule has 0 aromatic rings. The second-order valence-corrected chi connectivity index (χ2v) is 5.64. The van der Waals surface area contributed by atoms with Crippen LogP contribution in [0, 0.1) is 5.92 Å². The maximum Gasteiger partial charge on any atom is 0.225 e. The van der Waals surface area contributed by atoms with Gasteiger partial charge in [-0.25, -0.2) is 0 Å². The van der Waals surface area contributed by atoms with Crippen molar-refractivity contribution in [3.05, 3.63) is 0 Å². The predicted molar refractivity (Wildman–Crippen MR) is 85.2 cm³/mol. The van der Waals surface area contributed by atoms with E-state index < -0.39 is 0 Å². The molecule has 1 amide bonds. The van der Waals surface area contributed by atoms with Gasteiger partial charge in [-0.05, 0) is 25.2 Å². The Kier molecular flexibility index (Phi) is 11.2. The SMILES string of the molecule is CCCN(CC1CCCCC1)C(=O)CC(CN)OC.Cl. The van der Waals surface area contributed by atoms with Crippen LogP contribution in [-0.2, 0) is 9.53 Å². The van der Waals surface area contributed by atoms with Gasteiger partial charge in [-0.1, -0.05) is 26.2 Å². The van der Waals surface area contributed by atoms with Crippen LogP contribution < -0.4 is 5.73 Å². The third-order valence-electron chi connectivity index (χ3n) is 4.05. The Balaban J connectivity index is 0.00000361. The molecule has 0 heterocycles. The molecule has 0 spiro atoms. The minimum atomic E-state index is -0.141. The molecule has 1 aliphatic rings. The van der Waals surface area contributed by atoms with Crippen molar-refractivity contribution in [2.75, 3.05) is 26.7 Å². The van der Waals surface area contributed by atoms with Crippen LogP contribution in [-0.4, -0.2) is 43.7 Å². The zero-order valence-electron chi connectivity index (χ0n) is 13.0. The molecule has 4 nitrogen and oxygen atoms in total. The second-order valence-electron chi connectivity index (χ2n) is 5.64. The van der Waals surface area contributed by atoms with Crippen molar-refractivity contribution < 1.29 is 9.53 Å². The highest BCUT2D eigenvalue weighted by atomic mass is 35.5. The van der Waals surface area contributed by atoms with E-state index in [1.54, 1.807) is 7.11 Å². The average molecular weight is 307 g/mol. The number of nitrogens with zero attached hydrogens (tertiary/aromatic N) is 1. The summed E-state index contributed by atoms with van der Waals surface area (Å²) in [4.78, 5) is 14.4. The van der Waals surface area contributed by atoms with E-state index in [0.717, 1.165) is 19.5 Å². The Hall–Kier alpha value is -0.320. The van der Waals surface area contributed by atoms with Gasteiger partial charge >= 0.3 is 0 Å². The Bertz CT molecular complexity index is 254. The highest BCUT2D eigenvalue weighted by molar-refractivity contribution is 5.85. The maximum absolute atomic E-state index is 12.3. The van der Waals surface area contributed by atoms with Gasteiger partial charge in [-0.2, -0.15) is 0 Å². The Morgan fingerprint density at radius 3 is 2.50 bits per heavy atom. The lowest BCUT2D eigenvalue weighted by atomic mass is 9.89. The van der Waals surface area contributed by atoms with Gasteiger partial charge in [0.15, 0.2) is 0 Å². The van der Waals surface area contributed by atoms with E-state index in [1.165, 1.54) is 32.1 Å². The lowest BCUT2D eigenvalue weighted by molar-refractivity contribution is -0.134. The molecule has 0 aliphatic heterocycles. The molecule has 2 N–H and O–H groups in total. The minimum Gasteiger partial charge on any atom is -0.380 e. The summed E-state index contributed by atoms with van der Waals surface area (Å²) in [5, 5.41) is 0. The molecule has 1 rings (SSSR count). The molecule has 0 aromatic heterocycles. The van der Waals surface area contributed by atoms with Crippen molar-refractivity contribution in [3.8, 4) is 0 Å². The summed E-state index contributed by atoms with van der Waals surface area (Å²) < 4.78 is 5.22. The quantitative estimate of drug-likeness (QED) is 0.750. The van der Waals surface area contributed by atoms with Crippen molar-refractivity contribution in [2.45, 2.75) is 58.0 Å². The largest absolute Gasteiger partial charge is 0.380 e. The van der Waals surface area contributed by atoms with Crippen molar-refractivity contribution in [1.29, 1.82) is 0 Å². The summed E-state index contributed by atoms with van der Waals surface area (Å²) in [6, 6.07) is 0. The first kappa shape index (κ1) is 19.7. The summed E-state index contributed by atoms with van der Waals surface area (Å²) >= 11 is 0. The van der Waals surface area contributed by atoms with E-state index in [2.05, 4.69) is 6.92 Å². The number of hydrogen-bond acceptors (Lipinski definition) is 3. The lowest BCUT2D eigenvalue weighted by Crippen LogP contribution is -2.39. The number of carbonyl (C=O) groups is 1. The molecule has 0 bridgehead atoms. The van der Waals surface area contributed by atoms with Crippen LogP contribution in [0.3, 0.4) is 0 Å². The van der Waals surface area contributed by atoms with Gasteiger partial charge in [0, 0.05) is 26.7 Å². The van der Waals surface area contributed by atoms with Crippen LogP contribution >= 0.6 is 12.4 Å². The second kappa shape index (κ2) is 11.4. The topological polar surface area (TPSA) is 55.6 Å². The molecule has 0 aromatic carbocycles. The number of carbonyl (C=O) groups excluding carboxylic acids is 1. The predicted octanol–water partition coefficient (Wildman–Crippen LogP) is 2.59. The van der Waals surface area contributed by atoms with Crippen LogP contribution in [0.2, 0.25) is 0 Å². The molecule has 20 heavy (non-hydrogen) atoms. The lowest BCUT2D eigenvalue weighted by Gasteiger charge is -2.30. The van der Waals surface area contributed by atoms with Crippen LogP contribution in [0.4, 0.5) is 0 Å². The van der Waals surface area contributed by atoms with Gasteiger partial charge in [-0.15, -0.1) is 12.4 Å². The van der Waals surface area contributed by atoms with Crippen LogP contribution in [0.15, 0.2) is 0 Å². The highest BCUT2D eigenvalue weighted by Gasteiger charge is 2.22. The van der Waals surface area contributed by atoms with Crippen molar-refractivity contribution in [3.63, 3.8) is 0 Å². The van der Waals surface area contributed by atoms with Gasteiger partial charge in [0.1, 0.15) is 0 Å². The smallest absolute Gasteiger partial charge is 0.225 e. The first-order chi connectivity index (χ1) is 9.21. The summed E-state index contributed by atoms with van der Waals surface area (Å²) in [6.07, 6.45) is 7.84. The molecule has 1 unspecified atom stereocenters. The van der Waals surface area contributed by atoms with Crippen molar-refractivity contribution in [2.24, 2.45) is 11.7 Å². The Morgan fingerprint density at radius 1 is 1.35 bits per heavy atom. The standard InChI is InChI=1S/C15H30N2O2.ClH/c1-3-9-17(12-13-7-5-4-6-8-13)15(18)10-14(11-16)19-2;/h13-14H,3-12,16H2,1-2H3;1H. The van der Waals surface area contributed by atoms with E-state index in [4.69, 9.17) is 10.5 Å². The molecule has 0 radical (unpaired) electrons. The number of hydrogen-bond donors (Lipinski definition) is 1. The van der Waals surface area contributed by atoms with Crippen LogP contribution in [0.1, 0.15) is 51.9 Å². The third-order valence-corrected chi connectivity index (χ3v) is 4.05. The van der Waals surface area contributed by atoms with Gasteiger partial charge in [0.2, 0.25) is 5.91 Å². The molecule has 1 atom stereocenters. The fourth-order valence-electron chi connectivity index (χ4n) is 2.86. The van der Waals surface area contributed by atoms with E-state index >= 15 is 0 Å². The Morgan fingerprint density at radius 2 is 2.00 bits per heavy atom. The number of nitrogens with two attached hydrogens (primary N) is 1. The average Bonchev–Trinajstić information content (AvgIpc) is 2.45. The highest BCUT2D eigenvalue weighted by Crippen LogP contribution is 2.24. The Labute approximate surface area is 129 Å². The molecule has 5 heteroatoms. The summed E-state index contributed by atoms with van der Waals surface area (Å²) in [5.41, 5.74) is 5.59. The van der Waals surface area contributed by atoms with E-state index in [0.29, 0.717) is 18.9 Å². The number of rotatable bonds is 8. The van der Waals surface area contributed by atoms with Crippen LogP contribution in [0.5, 0.6) is 0 Å². The first-order valence-corrected chi connectivity index (χ1v) is 7.71. The molecule has 1 saturated carbocycles. The zero-order chi connectivity index (χ0) is 14.1. The van der Waals surface area contributed by atoms with Crippen molar-refractivity contribution in [1.82, 2.24) is 4.90 Å². The molecule has 1 aliphatic carbocycles. The van der Waals surface area contributed by atoms with E-state index in [-0.39, 0.29) is 24.4 Å². The third kappa shape index (κ3) is 6.91. The van der Waals surface area contributed by atoms with Crippen molar-refractivity contribution >= 4 is 18.3 Å². The minimum absolute atomic E-state index is 0. The summed E-state index contributed by atoms with van der Waals surface area (Å²) in [7, 11) is 1.62. The zero-order valence-corrected chi connectivity index (χ0v) is 13.8. The summed E-state index contributed by atoms with van der Waals surface area (Å²) in [5.74, 6) is 0.896. The normalized spacial score (nSPS) is 17.4. The number of amides is 1. The molecule has 0 saturated heterocycles. The van der Waals surface area contributed by atoms with E-state index in [9.17, 15) is 4.79 Å². The molecule has 120 valence electrons. The van der Waals surface area contributed by atoms with Gasteiger partial charge in [0.05, 0.1) is 12.5 Å². The fourth-order valence-corrected chi connectivity index (χ4v) is 2.86. The maximum atomic E-state index is 12.3. The van der Waals surface area contributed by atoms with Gasteiger partial charge < -0.3 is 15.4 Å². The molecular formula is C15H31ClN2O2. The number of methoxy groups -OCH3 is 1. The number of ether oxygens (including phenoxy) is 1. The van der Waals surface area contributed by atoms with Gasteiger partial charge in [0.25, 0.3) is 0 Å². The van der Waals surface area contributed by atoms with Crippen LogP contribution in [0.25, 0.3) is 0 Å². The summed E-state index contributed by atoms with van der Waals surface area (Å²) in [6.45, 7) is 4.31. The number of halogens is 1. The van der Waals surface area contributed by atoms with E-state index in [1.807, 2.05) is 4.90 Å². The molecular weight excluding hydrogens is 276 g/mol.